The maximum absolute atomic E-state index is 5.71. The molecule has 17 heavy (non-hydrogen) atoms. The van der Waals surface area contributed by atoms with Gasteiger partial charge in [-0.2, -0.15) is 0 Å². The zero-order valence-electron chi connectivity index (χ0n) is 10.7. The minimum absolute atomic E-state index is 0.748. The van der Waals surface area contributed by atoms with Crippen LogP contribution >= 0.6 is 11.3 Å². The summed E-state index contributed by atoms with van der Waals surface area (Å²) in [5, 5.41) is 3.49. The van der Waals surface area contributed by atoms with Gasteiger partial charge in [-0.25, -0.2) is 4.98 Å². The van der Waals surface area contributed by atoms with Crippen LogP contribution in [0.1, 0.15) is 36.9 Å². The van der Waals surface area contributed by atoms with E-state index in [-0.39, 0.29) is 0 Å². The van der Waals surface area contributed by atoms with Gasteiger partial charge in [0.2, 0.25) is 0 Å². The number of aryl methyl sites for hydroxylation is 1. The number of thiazole rings is 1. The van der Waals surface area contributed by atoms with Crippen LogP contribution in [0, 0.1) is 5.92 Å². The Morgan fingerprint density at radius 2 is 2.24 bits per heavy atom. The molecule has 0 saturated carbocycles. The van der Waals surface area contributed by atoms with E-state index in [0.717, 1.165) is 25.4 Å². The standard InChI is InChI=1S/C13H23N3S/c1-2-3-12-10-17-13(15-12)9-16-6-4-11(8-14)5-7-16/h10-11H,2-9,14H2,1H3. The maximum atomic E-state index is 5.71. The predicted octanol–water partition coefficient (Wildman–Crippen LogP) is 2.27. The Morgan fingerprint density at radius 3 is 2.88 bits per heavy atom. The lowest BCUT2D eigenvalue weighted by Gasteiger charge is -2.30. The molecule has 1 aromatic rings. The topological polar surface area (TPSA) is 42.1 Å². The first-order chi connectivity index (χ1) is 8.31. The maximum Gasteiger partial charge on any atom is 0.107 e. The van der Waals surface area contributed by atoms with E-state index in [2.05, 4.69) is 22.2 Å². The molecule has 0 bridgehead atoms. The lowest BCUT2D eigenvalue weighted by molar-refractivity contribution is 0.180. The van der Waals surface area contributed by atoms with Crippen molar-refractivity contribution in [2.75, 3.05) is 19.6 Å². The zero-order valence-corrected chi connectivity index (χ0v) is 11.5. The molecule has 1 aliphatic rings. The van der Waals surface area contributed by atoms with Crippen LogP contribution < -0.4 is 5.73 Å². The molecule has 0 radical (unpaired) electrons. The smallest absolute Gasteiger partial charge is 0.107 e. The number of nitrogens with two attached hydrogens (primary N) is 1. The summed E-state index contributed by atoms with van der Waals surface area (Å²) >= 11 is 1.81. The molecule has 0 spiro atoms. The minimum atomic E-state index is 0.748. The van der Waals surface area contributed by atoms with Gasteiger partial charge >= 0.3 is 0 Å². The summed E-state index contributed by atoms with van der Waals surface area (Å²) < 4.78 is 0. The highest BCUT2D eigenvalue weighted by atomic mass is 32.1. The first-order valence-electron chi connectivity index (χ1n) is 6.67. The van der Waals surface area contributed by atoms with Crippen LogP contribution in [-0.2, 0) is 13.0 Å². The third kappa shape index (κ3) is 3.76. The van der Waals surface area contributed by atoms with Gasteiger partial charge in [-0.05, 0) is 44.8 Å². The molecular formula is C13H23N3S. The molecule has 2 rings (SSSR count). The van der Waals surface area contributed by atoms with Crippen molar-refractivity contribution in [3.05, 3.63) is 16.1 Å². The molecule has 1 saturated heterocycles. The average molecular weight is 253 g/mol. The average Bonchev–Trinajstić information content (AvgIpc) is 2.78. The molecule has 1 aromatic heterocycles. The van der Waals surface area contributed by atoms with Crippen molar-refractivity contribution in [1.29, 1.82) is 0 Å². The molecular weight excluding hydrogens is 230 g/mol. The van der Waals surface area contributed by atoms with Crippen LogP contribution in [0.15, 0.2) is 5.38 Å². The summed E-state index contributed by atoms with van der Waals surface area (Å²) in [5.41, 5.74) is 6.98. The number of hydrogen-bond acceptors (Lipinski definition) is 4. The number of rotatable bonds is 5. The number of nitrogens with zero attached hydrogens (tertiary/aromatic N) is 2. The molecule has 3 nitrogen and oxygen atoms in total. The summed E-state index contributed by atoms with van der Waals surface area (Å²) in [6.45, 7) is 6.46. The van der Waals surface area contributed by atoms with Gasteiger partial charge in [0.05, 0.1) is 12.2 Å². The minimum Gasteiger partial charge on any atom is -0.330 e. The second-order valence-electron chi connectivity index (χ2n) is 4.94. The van der Waals surface area contributed by atoms with Crippen LogP contribution in [-0.4, -0.2) is 29.5 Å². The van der Waals surface area contributed by atoms with Gasteiger partial charge in [-0.1, -0.05) is 13.3 Å². The van der Waals surface area contributed by atoms with E-state index in [1.807, 2.05) is 11.3 Å². The van der Waals surface area contributed by atoms with Gasteiger partial charge < -0.3 is 5.73 Å². The van der Waals surface area contributed by atoms with Crippen LogP contribution in [0.5, 0.6) is 0 Å². The Labute approximate surface area is 108 Å². The fourth-order valence-corrected chi connectivity index (χ4v) is 3.23. The second kappa shape index (κ2) is 6.47. The molecule has 2 heterocycles. The van der Waals surface area contributed by atoms with E-state index >= 15 is 0 Å². The Hall–Kier alpha value is -0.450. The monoisotopic (exact) mass is 253 g/mol. The van der Waals surface area contributed by atoms with E-state index in [0.29, 0.717) is 0 Å². The molecule has 1 fully saturated rings. The lowest BCUT2D eigenvalue weighted by Crippen LogP contribution is -2.35. The van der Waals surface area contributed by atoms with Crippen molar-refractivity contribution >= 4 is 11.3 Å². The Bertz CT molecular complexity index is 329. The molecule has 0 atom stereocenters. The number of hydrogen-bond donors (Lipinski definition) is 1. The first kappa shape index (κ1) is 13.0. The Kier molecular flexibility index (Phi) is 4.95. The lowest BCUT2D eigenvalue weighted by atomic mass is 9.97. The van der Waals surface area contributed by atoms with Gasteiger partial charge in [-0.3, -0.25) is 4.90 Å². The van der Waals surface area contributed by atoms with E-state index in [1.165, 1.54) is 43.1 Å². The highest BCUT2D eigenvalue weighted by Gasteiger charge is 2.18. The molecule has 0 unspecified atom stereocenters. The quantitative estimate of drug-likeness (QED) is 0.875. The number of aromatic nitrogens is 1. The molecule has 2 N–H and O–H groups in total. The molecule has 4 heteroatoms. The third-order valence-corrected chi connectivity index (χ3v) is 4.39. The summed E-state index contributed by atoms with van der Waals surface area (Å²) in [4.78, 5) is 7.20. The highest BCUT2D eigenvalue weighted by Crippen LogP contribution is 2.19. The largest absolute Gasteiger partial charge is 0.330 e. The summed E-state index contributed by atoms with van der Waals surface area (Å²) in [5.74, 6) is 0.748. The zero-order chi connectivity index (χ0) is 12.1. The first-order valence-corrected chi connectivity index (χ1v) is 7.55. The van der Waals surface area contributed by atoms with Gasteiger partial charge in [0, 0.05) is 5.38 Å². The van der Waals surface area contributed by atoms with Crippen LogP contribution in [0.2, 0.25) is 0 Å². The van der Waals surface area contributed by atoms with Crippen LogP contribution in [0.4, 0.5) is 0 Å². The van der Waals surface area contributed by atoms with Gasteiger partial charge in [0.15, 0.2) is 0 Å². The Balaban J connectivity index is 1.80. The summed E-state index contributed by atoms with van der Waals surface area (Å²) in [6, 6.07) is 0. The summed E-state index contributed by atoms with van der Waals surface area (Å²) in [6.07, 6.45) is 4.81. The Morgan fingerprint density at radius 1 is 1.47 bits per heavy atom. The van der Waals surface area contributed by atoms with E-state index < -0.39 is 0 Å². The molecule has 0 amide bonds. The van der Waals surface area contributed by atoms with Gasteiger partial charge in [0.25, 0.3) is 0 Å². The van der Waals surface area contributed by atoms with Crippen molar-refractivity contribution in [3.8, 4) is 0 Å². The normalized spacial score (nSPS) is 18.7. The van der Waals surface area contributed by atoms with E-state index in [9.17, 15) is 0 Å². The van der Waals surface area contributed by atoms with Crippen LogP contribution in [0.3, 0.4) is 0 Å². The molecule has 0 aliphatic carbocycles. The van der Waals surface area contributed by atoms with Gasteiger partial charge in [-0.15, -0.1) is 11.3 Å². The van der Waals surface area contributed by atoms with Crippen molar-refractivity contribution < 1.29 is 0 Å². The van der Waals surface area contributed by atoms with Gasteiger partial charge in [0.1, 0.15) is 5.01 Å². The van der Waals surface area contributed by atoms with Crippen molar-refractivity contribution in [1.82, 2.24) is 9.88 Å². The fourth-order valence-electron chi connectivity index (χ4n) is 2.36. The van der Waals surface area contributed by atoms with Crippen LogP contribution in [0.25, 0.3) is 0 Å². The highest BCUT2D eigenvalue weighted by molar-refractivity contribution is 7.09. The molecule has 0 aromatic carbocycles. The second-order valence-corrected chi connectivity index (χ2v) is 5.88. The number of piperidine rings is 1. The fraction of sp³-hybridized carbons (Fsp3) is 0.769. The van der Waals surface area contributed by atoms with E-state index in [1.54, 1.807) is 0 Å². The van der Waals surface area contributed by atoms with Crippen molar-refractivity contribution in [3.63, 3.8) is 0 Å². The molecule has 1 aliphatic heterocycles. The summed E-state index contributed by atoms with van der Waals surface area (Å²) in [7, 11) is 0. The predicted molar refractivity (Wildman–Crippen MR) is 73.2 cm³/mol. The SMILES string of the molecule is CCCc1csc(CN2CCC(CN)CC2)n1. The number of likely N-dealkylation sites (tertiary alicyclic amines) is 1. The van der Waals surface area contributed by atoms with E-state index in [4.69, 9.17) is 5.73 Å². The van der Waals surface area contributed by atoms with Crippen molar-refractivity contribution in [2.24, 2.45) is 11.7 Å². The van der Waals surface area contributed by atoms with Crippen molar-refractivity contribution in [2.45, 2.75) is 39.2 Å². The third-order valence-electron chi connectivity index (χ3n) is 3.50. The molecule has 96 valence electrons.